The number of carbonyl (C=O) groups excluding carboxylic acids is 1. The second kappa shape index (κ2) is 10.9. The Kier molecular flexibility index (Phi) is 7.40. The van der Waals surface area contributed by atoms with Crippen molar-refractivity contribution in [1.82, 2.24) is 14.5 Å². The van der Waals surface area contributed by atoms with Gasteiger partial charge in [-0.05, 0) is 44.6 Å². The summed E-state index contributed by atoms with van der Waals surface area (Å²) >= 11 is 1.67. The number of fused-ring (bicyclic) bond motifs is 2. The van der Waals surface area contributed by atoms with Gasteiger partial charge >= 0.3 is 5.97 Å². The van der Waals surface area contributed by atoms with Gasteiger partial charge in [-0.1, -0.05) is 42.5 Å². The Bertz CT molecular complexity index is 1620. The van der Waals surface area contributed by atoms with Gasteiger partial charge in [0.15, 0.2) is 0 Å². The fourth-order valence-corrected chi connectivity index (χ4v) is 5.97. The van der Waals surface area contributed by atoms with Crippen molar-refractivity contribution in [3.8, 4) is 16.9 Å². The number of hydrogen-bond donors (Lipinski definition) is 1. The number of phenolic OH excluding ortho intramolecular Hbond substituents is 1. The van der Waals surface area contributed by atoms with Gasteiger partial charge in [-0.25, -0.2) is 4.79 Å². The molecule has 3 aromatic carbocycles. The summed E-state index contributed by atoms with van der Waals surface area (Å²) in [5.74, 6) is 0.361. The van der Waals surface area contributed by atoms with Crippen LogP contribution in [0.4, 0.5) is 0 Å². The number of aromatic nitrogens is 2. The SMILES string of the molecule is CCOC(=O)c1c(CSc2ccccc2)n(C)c2cc(-c3cncc4ccccc34)c(O)c(CN(C)C)c12. The van der Waals surface area contributed by atoms with Gasteiger partial charge in [0.1, 0.15) is 5.75 Å². The fraction of sp³-hybridized carbons (Fsp3) is 0.226. The zero-order valence-corrected chi connectivity index (χ0v) is 22.9. The Balaban J connectivity index is 1.80. The van der Waals surface area contributed by atoms with Crippen LogP contribution in [0.3, 0.4) is 0 Å². The maximum Gasteiger partial charge on any atom is 0.340 e. The summed E-state index contributed by atoms with van der Waals surface area (Å²) in [6.07, 6.45) is 3.62. The van der Waals surface area contributed by atoms with E-state index >= 15 is 0 Å². The van der Waals surface area contributed by atoms with Crippen LogP contribution in [0.25, 0.3) is 32.8 Å². The number of hydrogen-bond acceptors (Lipinski definition) is 6. The predicted molar refractivity (Wildman–Crippen MR) is 155 cm³/mol. The van der Waals surface area contributed by atoms with Gasteiger partial charge in [0, 0.05) is 69.8 Å². The van der Waals surface area contributed by atoms with E-state index in [9.17, 15) is 9.90 Å². The predicted octanol–water partition coefficient (Wildman–Crippen LogP) is 6.63. The summed E-state index contributed by atoms with van der Waals surface area (Å²) in [6, 6.07) is 20.1. The number of nitrogens with zero attached hydrogens (tertiary/aromatic N) is 3. The number of phenols is 1. The summed E-state index contributed by atoms with van der Waals surface area (Å²) < 4.78 is 7.62. The van der Waals surface area contributed by atoms with E-state index in [4.69, 9.17) is 4.74 Å². The van der Waals surface area contributed by atoms with Crippen molar-refractivity contribution >= 4 is 39.4 Å². The highest BCUT2D eigenvalue weighted by Crippen LogP contribution is 2.44. The maximum absolute atomic E-state index is 13.4. The van der Waals surface area contributed by atoms with Crippen LogP contribution in [0.2, 0.25) is 0 Å². The molecule has 0 fully saturated rings. The highest BCUT2D eigenvalue weighted by atomic mass is 32.2. The Hall–Kier alpha value is -3.81. The molecule has 7 heteroatoms. The quantitative estimate of drug-likeness (QED) is 0.181. The minimum Gasteiger partial charge on any atom is -0.507 e. The van der Waals surface area contributed by atoms with E-state index in [0.717, 1.165) is 37.8 Å². The summed E-state index contributed by atoms with van der Waals surface area (Å²) in [5, 5.41) is 14.5. The summed E-state index contributed by atoms with van der Waals surface area (Å²) in [5.41, 5.74) is 4.49. The van der Waals surface area contributed by atoms with Crippen molar-refractivity contribution in [3.05, 3.63) is 89.9 Å². The van der Waals surface area contributed by atoms with Crippen LogP contribution in [-0.4, -0.2) is 46.2 Å². The first-order valence-corrected chi connectivity index (χ1v) is 13.6. The lowest BCUT2D eigenvalue weighted by molar-refractivity contribution is 0.0527. The largest absolute Gasteiger partial charge is 0.507 e. The van der Waals surface area contributed by atoms with Crippen LogP contribution in [0.15, 0.2) is 78.0 Å². The third kappa shape index (κ3) is 4.75. The molecule has 0 spiro atoms. The molecule has 0 aliphatic rings. The molecule has 5 aromatic rings. The Morgan fingerprint density at radius 1 is 1.05 bits per heavy atom. The molecule has 5 rings (SSSR count). The average Bonchev–Trinajstić information content (AvgIpc) is 3.20. The van der Waals surface area contributed by atoms with Gasteiger partial charge in [-0.15, -0.1) is 11.8 Å². The molecular weight excluding hydrogens is 494 g/mol. The van der Waals surface area contributed by atoms with Crippen molar-refractivity contribution < 1.29 is 14.6 Å². The smallest absolute Gasteiger partial charge is 0.340 e. The molecule has 38 heavy (non-hydrogen) atoms. The van der Waals surface area contributed by atoms with Gasteiger partial charge < -0.3 is 19.3 Å². The standard InChI is InChI=1S/C31H31N3O3S/c1-5-37-31(36)29-27(19-38-21-12-7-6-8-13-21)34(4)26-15-23(30(35)25(28(26)29)18-33(2)3)24-17-32-16-20-11-9-10-14-22(20)24/h6-17,35H,5,18-19H2,1-4H3. The molecule has 2 heterocycles. The number of carbonyl (C=O) groups is 1. The first-order valence-electron chi connectivity index (χ1n) is 12.6. The van der Waals surface area contributed by atoms with Crippen LogP contribution < -0.4 is 0 Å². The van der Waals surface area contributed by atoms with Gasteiger partial charge in [0.05, 0.1) is 17.7 Å². The first-order chi connectivity index (χ1) is 18.4. The third-order valence-corrected chi connectivity index (χ3v) is 7.74. The molecule has 2 aromatic heterocycles. The number of esters is 1. The lowest BCUT2D eigenvalue weighted by atomic mass is 9.94. The minimum atomic E-state index is -0.374. The van der Waals surface area contributed by atoms with Crippen molar-refractivity contribution in [2.75, 3.05) is 20.7 Å². The number of aromatic hydroxyl groups is 1. The Morgan fingerprint density at radius 2 is 1.79 bits per heavy atom. The molecule has 0 saturated heterocycles. The molecule has 0 bridgehead atoms. The van der Waals surface area contributed by atoms with E-state index in [2.05, 4.69) is 21.7 Å². The zero-order valence-electron chi connectivity index (χ0n) is 22.1. The molecule has 1 N–H and O–H groups in total. The molecule has 0 radical (unpaired) electrons. The van der Waals surface area contributed by atoms with E-state index < -0.39 is 0 Å². The van der Waals surface area contributed by atoms with E-state index in [1.807, 2.05) is 87.7 Å². The Morgan fingerprint density at radius 3 is 2.53 bits per heavy atom. The van der Waals surface area contributed by atoms with Gasteiger partial charge in [0.25, 0.3) is 0 Å². The molecule has 6 nitrogen and oxygen atoms in total. The van der Waals surface area contributed by atoms with Crippen molar-refractivity contribution in [2.45, 2.75) is 24.1 Å². The first kappa shape index (κ1) is 25.8. The number of pyridine rings is 1. The number of benzene rings is 3. The monoisotopic (exact) mass is 525 g/mol. The minimum absolute atomic E-state index is 0.155. The molecule has 0 atom stereocenters. The number of aryl methyl sites for hydroxylation is 1. The molecule has 0 saturated carbocycles. The molecule has 0 aliphatic heterocycles. The van der Waals surface area contributed by atoms with E-state index in [1.165, 1.54) is 0 Å². The highest BCUT2D eigenvalue weighted by Gasteiger charge is 2.28. The second-order valence-electron chi connectivity index (χ2n) is 9.49. The van der Waals surface area contributed by atoms with E-state index in [-0.39, 0.29) is 18.3 Å². The van der Waals surface area contributed by atoms with Crippen molar-refractivity contribution in [2.24, 2.45) is 7.05 Å². The van der Waals surface area contributed by atoms with Crippen LogP contribution >= 0.6 is 11.8 Å². The highest BCUT2D eigenvalue weighted by molar-refractivity contribution is 7.98. The molecular formula is C31H31N3O3S. The summed E-state index contributed by atoms with van der Waals surface area (Å²) in [4.78, 5) is 21.0. The molecule has 194 valence electrons. The fourth-order valence-electron chi connectivity index (χ4n) is 4.98. The lowest BCUT2D eigenvalue weighted by Crippen LogP contribution is -2.13. The summed E-state index contributed by atoms with van der Waals surface area (Å²) in [7, 11) is 5.89. The Labute approximate surface area is 226 Å². The van der Waals surface area contributed by atoms with Crippen molar-refractivity contribution in [3.63, 3.8) is 0 Å². The van der Waals surface area contributed by atoms with E-state index in [0.29, 0.717) is 29.0 Å². The number of thioether (sulfide) groups is 1. The van der Waals surface area contributed by atoms with Crippen molar-refractivity contribution in [1.29, 1.82) is 0 Å². The van der Waals surface area contributed by atoms with Gasteiger partial charge in [0.2, 0.25) is 0 Å². The normalized spacial score (nSPS) is 11.5. The molecule has 0 amide bonds. The third-order valence-electron chi connectivity index (χ3n) is 6.72. The second-order valence-corrected chi connectivity index (χ2v) is 10.5. The average molecular weight is 526 g/mol. The lowest BCUT2D eigenvalue weighted by Gasteiger charge is -2.17. The zero-order chi connectivity index (χ0) is 26.8. The van der Waals surface area contributed by atoms with E-state index in [1.54, 1.807) is 18.0 Å². The summed E-state index contributed by atoms with van der Waals surface area (Å²) in [6.45, 7) is 2.54. The van der Waals surface area contributed by atoms with Crippen LogP contribution in [0, 0.1) is 0 Å². The van der Waals surface area contributed by atoms with Crippen LogP contribution in [0.1, 0.15) is 28.5 Å². The van der Waals surface area contributed by atoms with Crippen LogP contribution in [-0.2, 0) is 24.1 Å². The number of rotatable bonds is 8. The maximum atomic E-state index is 13.4. The van der Waals surface area contributed by atoms with Gasteiger partial charge in [-0.2, -0.15) is 0 Å². The van der Waals surface area contributed by atoms with Crippen LogP contribution in [0.5, 0.6) is 5.75 Å². The molecule has 0 unspecified atom stereocenters. The topological polar surface area (TPSA) is 67.6 Å². The number of ether oxygens (including phenoxy) is 1. The molecule has 0 aliphatic carbocycles. The van der Waals surface area contributed by atoms with Gasteiger partial charge in [-0.3, -0.25) is 4.98 Å².